The van der Waals surface area contributed by atoms with Gasteiger partial charge in [-0.15, -0.1) is 11.8 Å². The Balaban J connectivity index is 2.18. The predicted molar refractivity (Wildman–Crippen MR) is 101 cm³/mol. The molecule has 3 rings (SSSR count). The molecule has 0 saturated carbocycles. The number of carboxylic acid groups (broad SMARTS) is 1. The Morgan fingerprint density at radius 3 is 2.24 bits per heavy atom. The van der Waals surface area contributed by atoms with Crippen LogP contribution in [0.1, 0.15) is 30.2 Å². The molecule has 2 unspecified atom stereocenters. The van der Waals surface area contributed by atoms with E-state index in [4.69, 9.17) is 11.6 Å². The van der Waals surface area contributed by atoms with Crippen molar-refractivity contribution in [3.8, 4) is 0 Å². The van der Waals surface area contributed by atoms with Gasteiger partial charge in [-0.25, -0.2) is 9.18 Å². The summed E-state index contributed by atoms with van der Waals surface area (Å²) in [6, 6.07) is 13.5. The van der Waals surface area contributed by atoms with Gasteiger partial charge < -0.3 is 5.11 Å². The molecule has 0 spiro atoms. The first-order valence-electron chi connectivity index (χ1n) is 8.02. The molecule has 0 aliphatic carbocycles. The highest BCUT2D eigenvalue weighted by molar-refractivity contribution is 8.01. The van der Waals surface area contributed by atoms with Gasteiger partial charge in [-0.05, 0) is 46.9 Å². The Labute approximate surface area is 155 Å². The largest absolute Gasteiger partial charge is 0.478 e. The molecule has 0 bridgehead atoms. The molecule has 1 aliphatic rings. The van der Waals surface area contributed by atoms with Gasteiger partial charge in [0.25, 0.3) is 0 Å². The average Bonchev–Trinajstić information content (AvgIpc) is 2.97. The van der Waals surface area contributed by atoms with E-state index in [0.29, 0.717) is 10.6 Å². The van der Waals surface area contributed by atoms with Gasteiger partial charge in [0.15, 0.2) is 0 Å². The average molecular weight is 377 g/mol. The fourth-order valence-electron chi connectivity index (χ4n) is 3.12. The van der Waals surface area contributed by atoms with Gasteiger partial charge >= 0.3 is 5.97 Å². The van der Waals surface area contributed by atoms with E-state index in [2.05, 4.69) is 0 Å². The standard InChI is InChI=1S/C20H18ClFO2S/c1-11(2)18-17(20(23)24)16(12-5-9-15(22)10-6-12)19(25-18)13-3-7-14(21)8-4-13/h3-11,18-19H,1-2H3,(H,23,24). The van der Waals surface area contributed by atoms with Crippen LogP contribution in [0, 0.1) is 11.7 Å². The smallest absolute Gasteiger partial charge is 0.333 e. The first-order chi connectivity index (χ1) is 11.9. The first-order valence-corrected chi connectivity index (χ1v) is 9.34. The van der Waals surface area contributed by atoms with Crippen molar-refractivity contribution in [2.45, 2.75) is 24.3 Å². The molecule has 2 aromatic carbocycles. The molecule has 1 N–H and O–H groups in total. The van der Waals surface area contributed by atoms with Crippen LogP contribution >= 0.6 is 23.4 Å². The van der Waals surface area contributed by atoms with Crippen LogP contribution in [0.2, 0.25) is 5.02 Å². The van der Waals surface area contributed by atoms with E-state index in [-0.39, 0.29) is 22.2 Å². The zero-order valence-electron chi connectivity index (χ0n) is 13.9. The van der Waals surface area contributed by atoms with Crippen LogP contribution in [0.5, 0.6) is 0 Å². The van der Waals surface area contributed by atoms with E-state index in [1.54, 1.807) is 23.9 Å². The number of thioether (sulfide) groups is 1. The summed E-state index contributed by atoms with van der Waals surface area (Å²) in [7, 11) is 0. The van der Waals surface area contributed by atoms with E-state index in [0.717, 1.165) is 16.7 Å². The zero-order valence-corrected chi connectivity index (χ0v) is 15.4. The number of aliphatic carboxylic acids is 1. The topological polar surface area (TPSA) is 37.3 Å². The van der Waals surface area contributed by atoms with Crippen molar-refractivity contribution < 1.29 is 14.3 Å². The quantitative estimate of drug-likeness (QED) is 0.729. The van der Waals surface area contributed by atoms with Crippen molar-refractivity contribution in [2.24, 2.45) is 5.92 Å². The molecule has 2 atom stereocenters. The molecule has 25 heavy (non-hydrogen) atoms. The van der Waals surface area contributed by atoms with Crippen molar-refractivity contribution in [2.75, 3.05) is 0 Å². The molecule has 1 heterocycles. The van der Waals surface area contributed by atoms with Crippen molar-refractivity contribution in [3.05, 3.63) is 76.1 Å². The van der Waals surface area contributed by atoms with Crippen molar-refractivity contribution in [1.29, 1.82) is 0 Å². The van der Waals surface area contributed by atoms with Gasteiger partial charge in [-0.2, -0.15) is 0 Å². The molecule has 5 heteroatoms. The maximum atomic E-state index is 13.3. The monoisotopic (exact) mass is 376 g/mol. The highest BCUT2D eigenvalue weighted by atomic mass is 35.5. The second kappa shape index (κ2) is 7.22. The van der Waals surface area contributed by atoms with Gasteiger partial charge in [-0.1, -0.05) is 49.7 Å². The molecular formula is C20H18ClFO2S. The minimum atomic E-state index is -0.915. The molecular weight excluding hydrogens is 359 g/mol. The lowest BCUT2D eigenvalue weighted by Gasteiger charge is -2.18. The van der Waals surface area contributed by atoms with Crippen LogP contribution in [0.15, 0.2) is 54.1 Å². The zero-order chi connectivity index (χ0) is 18.1. The van der Waals surface area contributed by atoms with E-state index in [1.165, 1.54) is 12.1 Å². The molecule has 2 nitrogen and oxygen atoms in total. The third-order valence-corrected chi connectivity index (χ3v) is 6.39. The maximum absolute atomic E-state index is 13.3. The van der Waals surface area contributed by atoms with Gasteiger partial charge in [0.05, 0.1) is 10.8 Å². The number of carbonyl (C=O) groups is 1. The number of halogens is 2. The Hall–Kier alpha value is -1.78. The molecule has 0 fully saturated rings. The Bertz CT molecular complexity index is 813. The van der Waals surface area contributed by atoms with Crippen molar-refractivity contribution in [3.63, 3.8) is 0 Å². The lowest BCUT2D eigenvalue weighted by Crippen LogP contribution is -2.18. The van der Waals surface area contributed by atoms with Gasteiger partial charge in [-0.3, -0.25) is 0 Å². The van der Waals surface area contributed by atoms with E-state index in [9.17, 15) is 14.3 Å². The SMILES string of the molecule is CC(C)C1SC(c2ccc(Cl)cc2)C(c2ccc(F)cc2)=C1C(=O)O. The summed E-state index contributed by atoms with van der Waals surface area (Å²) in [5.41, 5.74) is 2.90. The van der Waals surface area contributed by atoms with Crippen molar-refractivity contribution in [1.82, 2.24) is 0 Å². The van der Waals surface area contributed by atoms with Gasteiger partial charge in [0, 0.05) is 10.3 Å². The van der Waals surface area contributed by atoms with Crippen LogP contribution in [-0.4, -0.2) is 16.3 Å². The summed E-state index contributed by atoms with van der Waals surface area (Å²) in [5.74, 6) is -1.08. The molecule has 0 amide bonds. The summed E-state index contributed by atoms with van der Waals surface area (Å²) in [5, 5.41) is 10.2. The molecule has 0 aromatic heterocycles. The highest BCUT2D eigenvalue weighted by Crippen LogP contribution is 2.55. The predicted octanol–water partition coefficient (Wildman–Crippen LogP) is 5.83. The van der Waals surface area contributed by atoms with Crippen LogP contribution in [0.4, 0.5) is 4.39 Å². The summed E-state index contributed by atoms with van der Waals surface area (Å²) in [6.45, 7) is 4.04. The number of hydrogen-bond acceptors (Lipinski definition) is 2. The Kier molecular flexibility index (Phi) is 5.21. The molecule has 1 aliphatic heterocycles. The molecule has 0 radical (unpaired) electrons. The summed E-state index contributed by atoms with van der Waals surface area (Å²) < 4.78 is 13.3. The lowest BCUT2D eigenvalue weighted by atomic mass is 9.89. The normalized spacial score (nSPS) is 20.4. The van der Waals surface area contributed by atoms with E-state index in [1.807, 2.05) is 38.1 Å². The molecule has 0 saturated heterocycles. The van der Waals surface area contributed by atoms with Gasteiger partial charge in [0.1, 0.15) is 5.82 Å². The third-order valence-electron chi connectivity index (χ3n) is 4.28. The Morgan fingerprint density at radius 1 is 1.12 bits per heavy atom. The number of benzene rings is 2. The summed E-state index contributed by atoms with van der Waals surface area (Å²) >= 11 is 7.62. The second-order valence-electron chi connectivity index (χ2n) is 6.37. The third kappa shape index (κ3) is 3.60. The summed E-state index contributed by atoms with van der Waals surface area (Å²) in [6.07, 6.45) is 0. The number of hydrogen-bond donors (Lipinski definition) is 1. The van der Waals surface area contributed by atoms with Crippen LogP contribution < -0.4 is 0 Å². The van der Waals surface area contributed by atoms with Gasteiger partial charge in [0.2, 0.25) is 0 Å². The fourth-order valence-corrected chi connectivity index (χ4v) is 4.93. The lowest BCUT2D eigenvalue weighted by molar-refractivity contribution is -0.132. The molecule has 2 aromatic rings. The first kappa shape index (κ1) is 18.0. The van der Waals surface area contributed by atoms with Crippen LogP contribution in [-0.2, 0) is 4.79 Å². The van der Waals surface area contributed by atoms with E-state index < -0.39 is 5.97 Å². The van der Waals surface area contributed by atoms with Crippen LogP contribution in [0.25, 0.3) is 5.57 Å². The fraction of sp³-hybridized carbons (Fsp3) is 0.250. The Morgan fingerprint density at radius 2 is 1.72 bits per heavy atom. The number of carboxylic acids is 1. The van der Waals surface area contributed by atoms with E-state index >= 15 is 0 Å². The summed E-state index contributed by atoms with van der Waals surface area (Å²) in [4.78, 5) is 12.0. The minimum Gasteiger partial charge on any atom is -0.478 e. The van der Waals surface area contributed by atoms with Crippen molar-refractivity contribution >= 4 is 34.9 Å². The highest BCUT2D eigenvalue weighted by Gasteiger charge is 2.40. The van der Waals surface area contributed by atoms with Crippen LogP contribution in [0.3, 0.4) is 0 Å². The molecule has 130 valence electrons. The minimum absolute atomic E-state index is 0.124. The second-order valence-corrected chi connectivity index (χ2v) is 8.06. The maximum Gasteiger partial charge on any atom is 0.333 e. The number of rotatable bonds is 4.